The van der Waals surface area contributed by atoms with Gasteiger partial charge in [0, 0.05) is 17.8 Å². The zero-order valence-corrected chi connectivity index (χ0v) is 5.52. The Morgan fingerprint density at radius 3 is 3.18 bits per heavy atom. The van der Waals surface area contributed by atoms with Crippen molar-refractivity contribution in [2.75, 3.05) is 0 Å². The molecular formula is C7H4N2O2. The van der Waals surface area contributed by atoms with Crippen LogP contribution in [0.3, 0.4) is 0 Å². The summed E-state index contributed by atoms with van der Waals surface area (Å²) in [4.78, 5) is 17.8. The number of aromatic nitrogens is 2. The number of pyridine rings is 1. The summed E-state index contributed by atoms with van der Waals surface area (Å²) in [6, 6.07) is 1.73. The number of hydrogen-bond acceptors (Lipinski definition) is 4. The predicted octanol–water partition coefficient (Wildman–Crippen LogP) is 0.583. The largest absolute Gasteiger partial charge is 0.439 e. The van der Waals surface area contributed by atoms with Crippen LogP contribution in [0.25, 0.3) is 11.0 Å². The van der Waals surface area contributed by atoms with Gasteiger partial charge in [0.2, 0.25) is 0 Å². The van der Waals surface area contributed by atoms with Gasteiger partial charge in [0.15, 0.2) is 5.58 Å². The summed E-state index contributed by atoms with van der Waals surface area (Å²) in [5, 5.41) is 0.777. The Morgan fingerprint density at radius 2 is 2.27 bits per heavy atom. The standard InChI is InChI=1S/C7H4N2O2/c10-7-9-3-5-1-2-8-4-6(5)11-7/h1-4H. The van der Waals surface area contributed by atoms with Crippen molar-refractivity contribution in [3.63, 3.8) is 0 Å². The van der Waals surface area contributed by atoms with Gasteiger partial charge < -0.3 is 4.42 Å². The van der Waals surface area contributed by atoms with Crippen LogP contribution in [0.1, 0.15) is 0 Å². The van der Waals surface area contributed by atoms with Crippen molar-refractivity contribution in [2.24, 2.45) is 0 Å². The van der Waals surface area contributed by atoms with Crippen LogP contribution in [0, 0.1) is 0 Å². The molecule has 0 bridgehead atoms. The molecule has 4 heteroatoms. The fourth-order valence-electron chi connectivity index (χ4n) is 0.825. The van der Waals surface area contributed by atoms with Crippen LogP contribution < -0.4 is 5.76 Å². The number of fused-ring (bicyclic) bond motifs is 1. The molecule has 0 aliphatic carbocycles. The maximum atomic E-state index is 10.6. The summed E-state index contributed by atoms with van der Waals surface area (Å²) in [5.74, 6) is -0.592. The first kappa shape index (κ1) is 6.03. The Bertz CT molecular complexity index is 435. The highest BCUT2D eigenvalue weighted by Crippen LogP contribution is 2.05. The quantitative estimate of drug-likeness (QED) is 0.548. The van der Waals surface area contributed by atoms with Crippen LogP contribution in [0.15, 0.2) is 33.9 Å². The molecule has 2 aromatic rings. The van der Waals surface area contributed by atoms with Crippen molar-refractivity contribution in [2.45, 2.75) is 0 Å². The number of rotatable bonds is 0. The Hall–Kier alpha value is -1.71. The third-order valence-electron chi connectivity index (χ3n) is 1.32. The highest BCUT2D eigenvalue weighted by atomic mass is 16.4. The molecule has 0 aliphatic rings. The lowest BCUT2D eigenvalue weighted by Gasteiger charge is -1.89. The molecule has 0 N–H and O–H groups in total. The molecule has 4 nitrogen and oxygen atoms in total. The molecule has 0 atom stereocenters. The molecule has 0 saturated heterocycles. The molecule has 0 saturated carbocycles. The van der Waals surface area contributed by atoms with Crippen molar-refractivity contribution < 1.29 is 4.42 Å². The zero-order valence-electron chi connectivity index (χ0n) is 5.52. The number of nitrogens with zero attached hydrogens (tertiary/aromatic N) is 2. The first-order valence-corrected chi connectivity index (χ1v) is 3.06. The van der Waals surface area contributed by atoms with E-state index in [1.54, 1.807) is 12.3 Å². The van der Waals surface area contributed by atoms with E-state index in [1.165, 1.54) is 12.4 Å². The molecular weight excluding hydrogens is 144 g/mol. The van der Waals surface area contributed by atoms with Crippen LogP contribution in [-0.2, 0) is 0 Å². The van der Waals surface area contributed by atoms with Crippen LogP contribution in [0.4, 0.5) is 0 Å². The first-order chi connectivity index (χ1) is 5.36. The lowest BCUT2D eigenvalue weighted by atomic mass is 10.3. The summed E-state index contributed by atoms with van der Waals surface area (Å²) in [6.45, 7) is 0. The maximum absolute atomic E-state index is 10.6. The van der Waals surface area contributed by atoms with E-state index < -0.39 is 5.76 Å². The minimum Gasteiger partial charge on any atom is -0.406 e. The monoisotopic (exact) mass is 148 g/mol. The van der Waals surface area contributed by atoms with E-state index >= 15 is 0 Å². The SMILES string of the molecule is O=c1ncc2ccncc2o1. The second-order valence-corrected chi connectivity index (χ2v) is 2.04. The van der Waals surface area contributed by atoms with Crippen molar-refractivity contribution >= 4 is 11.0 Å². The molecule has 2 heterocycles. The minimum atomic E-state index is -0.592. The van der Waals surface area contributed by atoms with Crippen molar-refractivity contribution in [3.05, 3.63) is 35.2 Å². The summed E-state index contributed by atoms with van der Waals surface area (Å²) < 4.78 is 4.73. The van der Waals surface area contributed by atoms with Crippen molar-refractivity contribution in [1.82, 2.24) is 9.97 Å². The normalized spacial score (nSPS) is 10.2. The summed E-state index contributed by atoms with van der Waals surface area (Å²) in [7, 11) is 0. The summed E-state index contributed by atoms with van der Waals surface area (Å²) >= 11 is 0. The van der Waals surface area contributed by atoms with E-state index in [2.05, 4.69) is 9.97 Å². The maximum Gasteiger partial charge on any atom is 0.439 e. The van der Waals surface area contributed by atoms with E-state index in [0.29, 0.717) is 5.58 Å². The molecule has 0 spiro atoms. The fraction of sp³-hybridized carbons (Fsp3) is 0. The van der Waals surface area contributed by atoms with Gasteiger partial charge in [-0.05, 0) is 6.07 Å². The Labute approximate surface area is 61.5 Å². The van der Waals surface area contributed by atoms with Crippen LogP contribution in [0.5, 0.6) is 0 Å². The van der Waals surface area contributed by atoms with Gasteiger partial charge >= 0.3 is 5.76 Å². The highest BCUT2D eigenvalue weighted by molar-refractivity contribution is 5.73. The van der Waals surface area contributed by atoms with Crippen LogP contribution >= 0.6 is 0 Å². The van der Waals surface area contributed by atoms with Gasteiger partial charge in [0.25, 0.3) is 0 Å². The molecule has 0 amide bonds. The Morgan fingerprint density at radius 1 is 1.36 bits per heavy atom. The van der Waals surface area contributed by atoms with E-state index in [4.69, 9.17) is 4.42 Å². The summed E-state index contributed by atoms with van der Waals surface area (Å²) in [5.41, 5.74) is 0.465. The smallest absolute Gasteiger partial charge is 0.406 e. The van der Waals surface area contributed by atoms with Gasteiger partial charge in [-0.3, -0.25) is 4.98 Å². The van der Waals surface area contributed by atoms with Gasteiger partial charge in [-0.25, -0.2) is 4.79 Å². The molecule has 0 aromatic carbocycles. The molecule has 54 valence electrons. The second-order valence-electron chi connectivity index (χ2n) is 2.04. The summed E-state index contributed by atoms with van der Waals surface area (Å²) in [6.07, 6.45) is 4.56. The Balaban J connectivity index is 2.94. The highest BCUT2D eigenvalue weighted by Gasteiger charge is 1.94. The van der Waals surface area contributed by atoms with Crippen LogP contribution in [0.2, 0.25) is 0 Å². The van der Waals surface area contributed by atoms with E-state index in [0.717, 1.165) is 5.39 Å². The van der Waals surface area contributed by atoms with Gasteiger partial charge in [-0.2, -0.15) is 4.98 Å². The molecule has 2 aromatic heterocycles. The third kappa shape index (κ3) is 0.980. The van der Waals surface area contributed by atoms with E-state index in [9.17, 15) is 4.79 Å². The lowest BCUT2D eigenvalue weighted by Crippen LogP contribution is -2.01. The molecule has 0 unspecified atom stereocenters. The van der Waals surface area contributed by atoms with Crippen LogP contribution in [-0.4, -0.2) is 9.97 Å². The molecule has 11 heavy (non-hydrogen) atoms. The average Bonchev–Trinajstić information content (AvgIpc) is 2.04. The fourth-order valence-corrected chi connectivity index (χ4v) is 0.825. The zero-order chi connectivity index (χ0) is 7.68. The molecule has 0 fully saturated rings. The van der Waals surface area contributed by atoms with Crippen molar-refractivity contribution in [3.8, 4) is 0 Å². The van der Waals surface area contributed by atoms with E-state index in [-0.39, 0.29) is 0 Å². The number of hydrogen-bond donors (Lipinski definition) is 0. The predicted molar refractivity (Wildman–Crippen MR) is 38.1 cm³/mol. The molecule has 0 radical (unpaired) electrons. The molecule has 0 aliphatic heterocycles. The first-order valence-electron chi connectivity index (χ1n) is 3.06. The third-order valence-corrected chi connectivity index (χ3v) is 1.32. The Kier molecular flexibility index (Phi) is 1.18. The topological polar surface area (TPSA) is 56.0 Å². The second kappa shape index (κ2) is 2.16. The molecule has 2 rings (SSSR count). The van der Waals surface area contributed by atoms with Crippen molar-refractivity contribution in [1.29, 1.82) is 0 Å². The lowest BCUT2D eigenvalue weighted by molar-refractivity contribution is 0.530. The van der Waals surface area contributed by atoms with Gasteiger partial charge in [-0.1, -0.05) is 0 Å². The van der Waals surface area contributed by atoms with Gasteiger partial charge in [-0.15, -0.1) is 0 Å². The van der Waals surface area contributed by atoms with Gasteiger partial charge in [0.1, 0.15) is 0 Å². The van der Waals surface area contributed by atoms with Gasteiger partial charge in [0.05, 0.1) is 6.20 Å². The average molecular weight is 148 g/mol. The van der Waals surface area contributed by atoms with E-state index in [1.807, 2.05) is 0 Å². The minimum absolute atomic E-state index is 0.465.